The van der Waals surface area contributed by atoms with Crippen LogP contribution in [0, 0.1) is 5.82 Å². The minimum Gasteiger partial charge on any atom is -0.308 e. The molecule has 112 valence electrons. The van der Waals surface area contributed by atoms with Crippen molar-refractivity contribution in [2.45, 2.75) is 26.3 Å². The lowest BCUT2D eigenvalue weighted by Gasteiger charge is -2.29. The van der Waals surface area contributed by atoms with Crippen molar-refractivity contribution in [3.05, 3.63) is 35.6 Å². The van der Waals surface area contributed by atoms with Gasteiger partial charge in [-0.05, 0) is 51.8 Å². The molecule has 20 heavy (non-hydrogen) atoms. The summed E-state index contributed by atoms with van der Waals surface area (Å²) in [5.74, 6) is -0.239. The molecule has 0 amide bonds. The van der Waals surface area contributed by atoms with Crippen LogP contribution in [0.2, 0.25) is 0 Å². The van der Waals surface area contributed by atoms with Gasteiger partial charge in [-0.25, -0.2) is 4.39 Å². The zero-order chi connectivity index (χ0) is 15.1. The molecule has 0 bridgehead atoms. The minimum atomic E-state index is -0.309. The lowest BCUT2D eigenvalue weighted by Crippen LogP contribution is -2.41. The average Bonchev–Trinajstić information content (AvgIpc) is 2.39. The highest BCUT2D eigenvalue weighted by Crippen LogP contribution is 2.08. The van der Waals surface area contributed by atoms with E-state index in [0.29, 0.717) is 18.0 Å². The highest BCUT2D eigenvalue weighted by molar-refractivity contribution is 5.96. The molecule has 0 spiro atoms. The van der Waals surface area contributed by atoms with Gasteiger partial charge in [0.1, 0.15) is 5.82 Å². The number of Topliss-reactive ketones (excluding diaryl/α,β-unsaturated/α-hetero) is 1. The molecular formula is C16H25FN2O. The van der Waals surface area contributed by atoms with Crippen molar-refractivity contribution < 1.29 is 9.18 Å². The molecular weight excluding hydrogens is 255 g/mol. The lowest BCUT2D eigenvalue weighted by atomic mass is 10.1. The Balaban J connectivity index is 2.51. The second kappa shape index (κ2) is 8.12. The Kier molecular flexibility index (Phi) is 6.82. The van der Waals surface area contributed by atoms with Crippen LogP contribution >= 0.6 is 0 Å². The Labute approximate surface area is 121 Å². The van der Waals surface area contributed by atoms with Crippen LogP contribution in [0.25, 0.3) is 0 Å². The first kappa shape index (κ1) is 16.8. The van der Waals surface area contributed by atoms with Gasteiger partial charge in [0.25, 0.3) is 0 Å². The van der Waals surface area contributed by atoms with E-state index in [1.165, 1.54) is 12.1 Å². The van der Waals surface area contributed by atoms with E-state index in [1.54, 1.807) is 12.1 Å². The Morgan fingerprint density at radius 2 is 1.85 bits per heavy atom. The molecule has 0 aliphatic rings. The van der Waals surface area contributed by atoms with Crippen molar-refractivity contribution in [1.29, 1.82) is 0 Å². The van der Waals surface area contributed by atoms with Crippen LogP contribution in [0.1, 0.15) is 30.6 Å². The summed E-state index contributed by atoms with van der Waals surface area (Å²) in [4.78, 5) is 16.5. The summed E-state index contributed by atoms with van der Waals surface area (Å²) in [6.45, 7) is 6.91. The number of rotatable bonds is 8. The molecule has 0 saturated carbocycles. The van der Waals surface area contributed by atoms with Gasteiger partial charge in [-0.2, -0.15) is 0 Å². The largest absolute Gasteiger partial charge is 0.308 e. The number of likely N-dealkylation sites (N-methyl/N-ethyl adjacent to an activating group) is 2. The molecule has 0 radical (unpaired) electrons. The Morgan fingerprint density at radius 1 is 1.25 bits per heavy atom. The second-order valence-electron chi connectivity index (χ2n) is 5.42. The van der Waals surface area contributed by atoms with Crippen LogP contribution in [-0.4, -0.2) is 55.4 Å². The number of carbonyl (C=O) groups excluding carboxylic acids is 1. The van der Waals surface area contributed by atoms with Crippen molar-refractivity contribution in [3.63, 3.8) is 0 Å². The summed E-state index contributed by atoms with van der Waals surface area (Å²) in [7, 11) is 4.10. The molecule has 1 aromatic carbocycles. The van der Waals surface area contributed by atoms with E-state index in [-0.39, 0.29) is 11.6 Å². The third-order valence-electron chi connectivity index (χ3n) is 3.45. The van der Waals surface area contributed by atoms with Crippen molar-refractivity contribution in [2.24, 2.45) is 0 Å². The van der Waals surface area contributed by atoms with E-state index >= 15 is 0 Å². The van der Waals surface area contributed by atoms with E-state index in [2.05, 4.69) is 23.6 Å². The van der Waals surface area contributed by atoms with E-state index in [0.717, 1.165) is 19.6 Å². The summed E-state index contributed by atoms with van der Waals surface area (Å²) >= 11 is 0. The number of ketones is 1. The first-order valence-electron chi connectivity index (χ1n) is 7.11. The number of nitrogens with zero attached hydrogens (tertiary/aromatic N) is 2. The number of hydrogen-bond acceptors (Lipinski definition) is 3. The predicted octanol–water partition coefficient (Wildman–Crippen LogP) is 2.67. The zero-order valence-corrected chi connectivity index (χ0v) is 12.9. The van der Waals surface area contributed by atoms with Gasteiger partial charge >= 0.3 is 0 Å². The van der Waals surface area contributed by atoms with Crippen molar-refractivity contribution in [3.8, 4) is 0 Å². The molecule has 1 rings (SSSR count). The van der Waals surface area contributed by atoms with Crippen LogP contribution in [-0.2, 0) is 0 Å². The number of benzene rings is 1. The first-order valence-corrected chi connectivity index (χ1v) is 7.11. The maximum atomic E-state index is 12.8. The smallest absolute Gasteiger partial charge is 0.164 e. The monoisotopic (exact) mass is 280 g/mol. The van der Waals surface area contributed by atoms with E-state index in [1.807, 2.05) is 14.1 Å². The van der Waals surface area contributed by atoms with E-state index < -0.39 is 0 Å². The molecule has 0 aromatic heterocycles. The van der Waals surface area contributed by atoms with Gasteiger partial charge in [0, 0.05) is 31.1 Å². The summed E-state index contributed by atoms with van der Waals surface area (Å²) in [6, 6.07) is 6.18. The van der Waals surface area contributed by atoms with E-state index in [9.17, 15) is 9.18 Å². The predicted molar refractivity (Wildman–Crippen MR) is 80.6 cm³/mol. The van der Waals surface area contributed by atoms with Crippen LogP contribution in [0.5, 0.6) is 0 Å². The van der Waals surface area contributed by atoms with Crippen LogP contribution in [0.15, 0.2) is 24.3 Å². The van der Waals surface area contributed by atoms with Crippen LogP contribution in [0.3, 0.4) is 0 Å². The fourth-order valence-electron chi connectivity index (χ4n) is 2.36. The normalized spacial score (nSPS) is 12.9. The minimum absolute atomic E-state index is 0.0699. The third kappa shape index (κ3) is 5.39. The Bertz CT molecular complexity index is 417. The second-order valence-corrected chi connectivity index (χ2v) is 5.42. The van der Waals surface area contributed by atoms with Gasteiger partial charge < -0.3 is 4.90 Å². The summed E-state index contributed by atoms with van der Waals surface area (Å²) in [5.41, 5.74) is 0.586. The van der Waals surface area contributed by atoms with Gasteiger partial charge in [0.2, 0.25) is 0 Å². The molecule has 1 unspecified atom stereocenters. The fourth-order valence-corrected chi connectivity index (χ4v) is 2.36. The Hall–Kier alpha value is -1.26. The molecule has 3 nitrogen and oxygen atoms in total. The van der Waals surface area contributed by atoms with Crippen molar-refractivity contribution in [1.82, 2.24) is 9.80 Å². The maximum absolute atomic E-state index is 12.8. The number of halogens is 1. The highest BCUT2D eigenvalue weighted by Gasteiger charge is 2.15. The molecule has 0 saturated heterocycles. The van der Waals surface area contributed by atoms with Crippen molar-refractivity contribution in [2.75, 3.05) is 33.7 Å². The van der Waals surface area contributed by atoms with Gasteiger partial charge in [-0.1, -0.05) is 6.92 Å². The number of carbonyl (C=O) groups is 1. The van der Waals surface area contributed by atoms with Gasteiger partial charge in [0.15, 0.2) is 5.78 Å². The molecule has 0 aliphatic carbocycles. The molecule has 0 fully saturated rings. The van der Waals surface area contributed by atoms with E-state index in [4.69, 9.17) is 0 Å². The topological polar surface area (TPSA) is 23.6 Å². The zero-order valence-electron chi connectivity index (χ0n) is 12.9. The summed E-state index contributed by atoms with van der Waals surface area (Å²) < 4.78 is 12.8. The molecule has 0 heterocycles. The Morgan fingerprint density at radius 3 is 2.35 bits per heavy atom. The lowest BCUT2D eigenvalue weighted by molar-refractivity contribution is 0.0949. The van der Waals surface area contributed by atoms with Crippen LogP contribution in [0.4, 0.5) is 4.39 Å². The third-order valence-corrected chi connectivity index (χ3v) is 3.45. The summed E-state index contributed by atoms with van der Waals surface area (Å²) in [5, 5.41) is 0. The van der Waals surface area contributed by atoms with Gasteiger partial charge in [-0.3, -0.25) is 9.69 Å². The SMILES string of the molecule is CCN(CCC(=O)c1ccc(F)cc1)C(C)CN(C)C. The molecule has 0 aliphatic heterocycles. The summed E-state index contributed by atoms with van der Waals surface area (Å²) in [6.07, 6.45) is 0.469. The quantitative estimate of drug-likeness (QED) is 0.684. The standard InChI is InChI=1S/C16H25FN2O/c1-5-19(13(2)12-18(3)4)11-10-16(20)14-6-8-15(17)9-7-14/h6-9,13H,5,10-12H2,1-4H3. The first-order chi connectivity index (χ1) is 9.43. The van der Waals surface area contributed by atoms with Crippen molar-refractivity contribution >= 4 is 5.78 Å². The number of hydrogen-bond donors (Lipinski definition) is 0. The molecule has 1 atom stereocenters. The van der Waals surface area contributed by atoms with Gasteiger partial charge in [0.05, 0.1) is 0 Å². The average molecular weight is 280 g/mol. The highest BCUT2D eigenvalue weighted by atomic mass is 19.1. The molecule has 0 N–H and O–H groups in total. The molecule has 4 heteroatoms. The fraction of sp³-hybridized carbons (Fsp3) is 0.562. The maximum Gasteiger partial charge on any atom is 0.164 e. The van der Waals surface area contributed by atoms with Gasteiger partial charge in [-0.15, -0.1) is 0 Å². The van der Waals surface area contributed by atoms with Crippen LogP contribution < -0.4 is 0 Å². The molecule has 1 aromatic rings.